The molecule has 108 valence electrons. The number of ketones is 1. The molecule has 0 aliphatic carbocycles. The molecule has 0 aliphatic rings. The van der Waals surface area contributed by atoms with E-state index in [1.165, 1.54) is 0 Å². The van der Waals surface area contributed by atoms with Gasteiger partial charge in [0, 0.05) is 12.3 Å². The lowest BCUT2D eigenvalue weighted by Crippen LogP contribution is -2.09. The summed E-state index contributed by atoms with van der Waals surface area (Å²) in [6, 6.07) is 0. The van der Waals surface area contributed by atoms with E-state index < -0.39 is 39.7 Å². The smallest absolute Gasteiger partial charge is 0.170 e. The second kappa shape index (κ2) is 6.38. The van der Waals surface area contributed by atoms with E-state index in [9.17, 15) is 29.7 Å². The predicted octanol–water partition coefficient (Wildman–Crippen LogP) is 1.88. The Bertz CT molecular complexity index is 531. The van der Waals surface area contributed by atoms with E-state index >= 15 is 0 Å². The topological polar surface area (TPSA) is 112 Å². The van der Waals surface area contributed by atoms with E-state index in [-0.39, 0.29) is 30.8 Å². The summed E-state index contributed by atoms with van der Waals surface area (Å²) in [6.45, 7) is 1.68. The number of halogens is 1. The van der Waals surface area contributed by atoms with Crippen LogP contribution in [0.15, 0.2) is 0 Å². The van der Waals surface area contributed by atoms with E-state index in [1.54, 1.807) is 6.92 Å². The molecule has 6 nitrogen and oxygen atoms in total. The minimum atomic E-state index is -0.869. The van der Waals surface area contributed by atoms with Gasteiger partial charge in [-0.3, -0.25) is 14.4 Å². The number of hydrogen-bond donors (Lipinski definition) is 3. The van der Waals surface area contributed by atoms with Gasteiger partial charge in [-0.15, -0.1) is 11.6 Å². The molecule has 7 heteroatoms. The molecule has 1 unspecified atom stereocenters. The summed E-state index contributed by atoms with van der Waals surface area (Å²) < 4.78 is 0. The van der Waals surface area contributed by atoms with Gasteiger partial charge < -0.3 is 15.3 Å². The number of aldehydes is 2. The van der Waals surface area contributed by atoms with Gasteiger partial charge in [-0.05, 0) is 5.92 Å². The lowest BCUT2D eigenvalue weighted by molar-refractivity contribution is 0.0963. The highest BCUT2D eigenvalue weighted by atomic mass is 35.5. The third-order valence-corrected chi connectivity index (χ3v) is 3.33. The molecule has 0 spiro atoms. The van der Waals surface area contributed by atoms with E-state index in [1.807, 2.05) is 0 Å². The largest absolute Gasteiger partial charge is 0.506 e. The van der Waals surface area contributed by atoms with Crippen LogP contribution in [0, 0.1) is 5.92 Å². The van der Waals surface area contributed by atoms with E-state index in [2.05, 4.69) is 0 Å². The number of carbonyl (C=O) groups excluding carboxylic acids is 3. The van der Waals surface area contributed by atoms with Crippen molar-refractivity contribution in [3.8, 4) is 17.2 Å². The summed E-state index contributed by atoms with van der Waals surface area (Å²) in [5.74, 6) is -3.30. The van der Waals surface area contributed by atoms with Crippen molar-refractivity contribution in [2.24, 2.45) is 5.92 Å². The van der Waals surface area contributed by atoms with E-state index in [0.29, 0.717) is 0 Å². The van der Waals surface area contributed by atoms with Crippen molar-refractivity contribution in [2.75, 3.05) is 5.88 Å². The SMILES string of the molecule is CC(CCl)CC(=O)c1c(O)c(C=O)c(O)c(C=O)c1O. The molecular weight excluding hydrogens is 288 g/mol. The minimum Gasteiger partial charge on any atom is -0.506 e. The van der Waals surface area contributed by atoms with Gasteiger partial charge in [0.15, 0.2) is 18.4 Å². The third-order valence-electron chi connectivity index (χ3n) is 2.81. The molecule has 20 heavy (non-hydrogen) atoms. The first-order chi connectivity index (χ1) is 9.38. The van der Waals surface area contributed by atoms with Crippen LogP contribution < -0.4 is 0 Å². The maximum Gasteiger partial charge on any atom is 0.170 e. The summed E-state index contributed by atoms with van der Waals surface area (Å²) in [4.78, 5) is 33.7. The molecule has 1 aromatic carbocycles. The second-order valence-electron chi connectivity index (χ2n) is 4.37. The fourth-order valence-electron chi connectivity index (χ4n) is 1.71. The maximum absolute atomic E-state index is 12.0. The molecule has 3 N–H and O–H groups in total. The highest BCUT2D eigenvalue weighted by Gasteiger charge is 2.27. The first-order valence-corrected chi connectivity index (χ1v) is 6.22. The van der Waals surface area contributed by atoms with Crippen LogP contribution in [0.1, 0.15) is 44.4 Å². The molecule has 0 saturated heterocycles. The number of carbonyl (C=O) groups is 3. The van der Waals surface area contributed by atoms with Crippen molar-refractivity contribution in [1.82, 2.24) is 0 Å². The Morgan fingerprint density at radius 1 is 1.10 bits per heavy atom. The zero-order valence-electron chi connectivity index (χ0n) is 10.6. The van der Waals surface area contributed by atoms with E-state index in [4.69, 9.17) is 11.6 Å². The number of aromatic hydroxyl groups is 3. The van der Waals surface area contributed by atoms with Crippen LogP contribution >= 0.6 is 11.6 Å². The zero-order chi connectivity index (χ0) is 15.4. The molecule has 1 rings (SSSR count). The monoisotopic (exact) mass is 300 g/mol. The highest BCUT2D eigenvalue weighted by molar-refractivity contribution is 6.18. The van der Waals surface area contributed by atoms with Gasteiger partial charge in [0.1, 0.15) is 22.8 Å². The Morgan fingerprint density at radius 2 is 1.55 bits per heavy atom. The first kappa shape index (κ1) is 16.0. The molecule has 0 radical (unpaired) electrons. The van der Waals surface area contributed by atoms with Gasteiger partial charge in [-0.2, -0.15) is 0 Å². The number of benzene rings is 1. The average molecular weight is 301 g/mol. The highest BCUT2D eigenvalue weighted by Crippen LogP contribution is 2.41. The molecule has 0 aromatic heterocycles. The fraction of sp³-hybridized carbons (Fsp3) is 0.308. The summed E-state index contributed by atoms with van der Waals surface area (Å²) >= 11 is 5.58. The van der Waals surface area contributed by atoms with Crippen molar-refractivity contribution in [2.45, 2.75) is 13.3 Å². The van der Waals surface area contributed by atoms with Crippen molar-refractivity contribution in [1.29, 1.82) is 0 Å². The van der Waals surface area contributed by atoms with Gasteiger partial charge >= 0.3 is 0 Å². The molecule has 0 heterocycles. The van der Waals surface area contributed by atoms with E-state index in [0.717, 1.165) is 0 Å². The average Bonchev–Trinajstić information content (AvgIpc) is 2.39. The van der Waals surface area contributed by atoms with Crippen LogP contribution in [0.4, 0.5) is 0 Å². The Hall–Kier alpha value is -2.08. The summed E-state index contributed by atoms with van der Waals surface area (Å²) in [7, 11) is 0. The summed E-state index contributed by atoms with van der Waals surface area (Å²) in [5, 5.41) is 29.2. The number of rotatable bonds is 6. The fourth-order valence-corrected chi connectivity index (χ4v) is 1.82. The Labute approximate surface area is 119 Å². The van der Waals surface area contributed by atoms with Crippen molar-refractivity contribution in [3.63, 3.8) is 0 Å². The molecule has 0 amide bonds. The molecule has 0 aliphatic heterocycles. The lowest BCUT2D eigenvalue weighted by atomic mass is 9.94. The normalized spacial score (nSPS) is 11.9. The van der Waals surface area contributed by atoms with Gasteiger partial charge in [0.25, 0.3) is 0 Å². The number of phenols is 3. The van der Waals surface area contributed by atoms with Crippen LogP contribution in [-0.4, -0.2) is 39.6 Å². The molecule has 1 atom stereocenters. The second-order valence-corrected chi connectivity index (χ2v) is 4.68. The van der Waals surface area contributed by atoms with Gasteiger partial charge in [-0.25, -0.2) is 0 Å². The molecule has 0 fully saturated rings. The predicted molar refractivity (Wildman–Crippen MR) is 71.0 cm³/mol. The van der Waals surface area contributed by atoms with Crippen LogP contribution in [0.25, 0.3) is 0 Å². The number of phenolic OH excluding ortho intramolecular Hbond substituents is 3. The number of hydrogen-bond acceptors (Lipinski definition) is 6. The van der Waals surface area contributed by atoms with Crippen LogP contribution in [0.3, 0.4) is 0 Å². The number of Topliss-reactive ketones (excluding diaryl/α,β-unsaturated/α-hetero) is 1. The number of alkyl halides is 1. The standard InChI is InChI=1S/C13H13ClO6/c1-6(3-14)2-9(17)10-12(19)7(4-15)11(18)8(5-16)13(10)20/h4-6,18-20H,2-3H2,1H3. The Kier molecular flexibility index (Phi) is 5.10. The third kappa shape index (κ3) is 2.75. The molecule has 0 saturated carbocycles. The Balaban J connectivity index is 3.50. The van der Waals surface area contributed by atoms with Crippen molar-refractivity contribution in [3.05, 3.63) is 16.7 Å². The summed E-state index contributed by atoms with van der Waals surface area (Å²) in [5.41, 5.74) is -1.80. The summed E-state index contributed by atoms with van der Waals surface area (Å²) in [6.07, 6.45) is 0.101. The van der Waals surface area contributed by atoms with Crippen LogP contribution in [0.2, 0.25) is 0 Å². The molecule has 1 aromatic rings. The van der Waals surface area contributed by atoms with Gasteiger partial charge in [0.2, 0.25) is 0 Å². The lowest BCUT2D eigenvalue weighted by Gasteiger charge is -2.13. The van der Waals surface area contributed by atoms with Gasteiger partial charge in [-0.1, -0.05) is 6.92 Å². The maximum atomic E-state index is 12.0. The Morgan fingerprint density at radius 3 is 1.90 bits per heavy atom. The zero-order valence-corrected chi connectivity index (χ0v) is 11.3. The van der Waals surface area contributed by atoms with Crippen molar-refractivity contribution >= 4 is 30.0 Å². The molecular formula is C13H13ClO6. The first-order valence-electron chi connectivity index (χ1n) is 5.69. The van der Waals surface area contributed by atoms with Crippen molar-refractivity contribution < 1.29 is 29.7 Å². The molecule has 0 bridgehead atoms. The minimum absolute atomic E-state index is 0.0913. The van der Waals surface area contributed by atoms with Crippen LogP contribution in [-0.2, 0) is 0 Å². The quantitative estimate of drug-likeness (QED) is 0.420. The van der Waals surface area contributed by atoms with Crippen LogP contribution in [0.5, 0.6) is 17.2 Å². The van der Waals surface area contributed by atoms with Gasteiger partial charge in [0.05, 0.1) is 11.1 Å².